The van der Waals surface area contributed by atoms with Crippen LogP contribution in [-0.2, 0) is 9.53 Å². The quantitative estimate of drug-likeness (QED) is 0.524. The van der Waals surface area contributed by atoms with Gasteiger partial charge in [-0.05, 0) is 71.4 Å². The number of unbranched alkanes of at least 4 members (excludes halogenated alkanes) is 1. The van der Waals surface area contributed by atoms with Gasteiger partial charge in [0, 0.05) is 12.6 Å². The fourth-order valence-electron chi connectivity index (χ4n) is 3.25. The third kappa shape index (κ3) is 5.26. The molecule has 0 radical (unpaired) electrons. The third-order valence-electron chi connectivity index (χ3n) is 4.74. The molecule has 2 rings (SSSR count). The second kappa shape index (κ2) is 7.59. The fourth-order valence-corrected chi connectivity index (χ4v) is 3.25. The van der Waals surface area contributed by atoms with Crippen LogP contribution in [0.1, 0.15) is 59.3 Å². The number of hydrogen-bond acceptors (Lipinski definition) is 4. The monoisotopic (exact) mass is 296 g/mol. The Hall–Kier alpha value is -0.610. The Morgan fingerprint density at radius 3 is 2.67 bits per heavy atom. The lowest BCUT2D eigenvalue weighted by Crippen LogP contribution is -2.51. The molecule has 1 aliphatic carbocycles. The fraction of sp³-hybridized carbons (Fsp3) is 0.941. The SMILES string of the molecule is CCOC(=O)C(C)(CCCCN1CCC(C)C1)NC1CC1. The van der Waals surface area contributed by atoms with Crippen molar-refractivity contribution in [3.63, 3.8) is 0 Å². The van der Waals surface area contributed by atoms with Crippen LogP contribution in [0.2, 0.25) is 0 Å². The Morgan fingerprint density at radius 2 is 2.10 bits per heavy atom. The Labute approximate surface area is 129 Å². The molecule has 4 nitrogen and oxygen atoms in total. The number of carbonyl (C=O) groups excluding carboxylic acids is 1. The summed E-state index contributed by atoms with van der Waals surface area (Å²) in [6.45, 7) is 10.4. The normalized spacial score (nSPS) is 25.8. The number of hydrogen-bond donors (Lipinski definition) is 1. The zero-order chi connectivity index (χ0) is 15.3. The molecule has 2 atom stereocenters. The number of esters is 1. The zero-order valence-electron chi connectivity index (χ0n) is 14.0. The highest BCUT2D eigenvalue weighted by atomic mass is 16.5. The molecule has 122 valence electrons. The third-order valence-corrected chi connectivity index (χ3v) is 4.74. The van der Waals surface area contributed by atoms with Gasteiger partial charge in [0.05, 0.1) is 6.61 Å². The van der Waals surface area contributed by atoms with Crippen molar-refractivity contribution >= 4 is 5.97 Å². The van der Waals surface area contributed by atoms with Crippen LogP contribution in [0.15, 0.2) is 0 Å². The van der Waals surface area contributed by atoms with E-state index >= 15 is 0 Å². The van der Waals surface area contributed by atoms with Crippen molar-refractivity contribution in [3.8, 4) is 0 Å². The zero-order valence-corrected chi connectivity index (χ0v) is 14.0. The van der Waals surface area contributed by atoms with Crippen LogP contribution in [0.4, 0.5) is 0 Å². The minimum Gasteiger partial charge on any atom is -0.465 e. The lowest BCUT2D eigenvalue weighted by atomic mass is 9.94. The standard InChI is InChI=1S/C17H32N2O2/c1-4-21-16(20)17(3,18-15-7-8-15)10-5-6-11-19-12-9-14(2)13-19/h14-15,18H,4-13H2,1-3H3. The maximum Gasteiger partial charge on any atom is 0.326 e. The molecule has 1 heterocycles. The topological polar surface area (TPSA) is 41.6 Å². The molecule has 1 saturated heterocycles. The van der Waals surface area contributed by atoms with Crippen LogP contribution in [0.25, 0.3) is 0 Å². The first-order valence-corrected chi connectivity index (χ1v) is 8.71. The van der Waals surface area contributed by atoms with Gasteiger partial charge >= 0.3 is 5.97 Å². The molecule has 0 aromatic carbocycles. The predicted octanol–water partition coefficient (Wildman–Crippen LogP) is 2.57. The largest absolute Gasteiger partial charge is 0.465 e. The average molecular weight is 296 g/mol. The first-order valence-electron chi connectivity index (χ1n) is 8.71. The van der Waals surface area contributed by atoms with Gasteiger partial charge in [0.25, 0.3) is 0 Å². The van der Waals surface area contributed by atoms with E-state index in [1.54, 1.807) is 0 Å². The molecule has 0 bridgehead atoms. The molecule has 1 saturated carbocycles. The van der Waals surface area contributed by atoms with Crippen molar-refractivity contribution in [2.45, 2.75) is 70.9 Å². The van der Waals surface area contributed by atoms with Gasteiger partial charge in [-0.25, -0.2) is 0 Å². The van der Waals surface area contributed by atoms with Crippen molar-refractivity contribution in [1.29, 1.82) is 0 Å². The summed E-state index contributed by atoms with van der Waals surface area (Å²) in [5.41, 5.74) is -0.491. The van der Waals surface area contributed by atoms with Crippen LogP contribution >= 0.6 is 0 Å². The summed E-state index contributed by atoms with van der Waals surface area (Å²) in [5.74, 6) is 0.776. The molecule has 1 N–H and O–H groups in total. The molecule has 0 aromatic heterocycles. The minimum absolute atomic E-state index is 0.0771. The van der Waals surface area contributed by atoms with Crippen LogP contribution in [0.5, 0.6) is 0 Å². The first-order chi connectivity index (χ1) is 10.0. The highest BCUT2D eigenvalue weighted by Gasteiger charge is 2.39. The number of carbonyl (C=O) groups is 1. The summed E-state index contributed by atoms with van der Waals surface area (Å²) in [4.78, 5) is 14.8. The van der Waals surface area contributed by atoms with E-state index in [4.69, 9.17) is 4.74 Å². The van der Waals surface area contributed by atoms with Crippen LogP contribution in [0, 0.1) is 5.92 Å². The second-order valence-corrected chi connectivity index (χ2v) is 7.12. The Morgan fingerprint density at radius 1 is 1.33 bits per heavy atom. The summed E-state index contributed by atoms with van der Waals surface area (Å²) < 4.78 is 5.27. The molecule has 2 unspecified atom stereocenters. The van der Waals surface area contributed by atoms with E-state index in [9.17, 15) is 4.79 Å². The maximum absolute atomic E-state index is 12.2. The summed E-state index contributed by atoms with van der Waals surface area (Å²) in [6.07, 6.45) is 6.87. The van der Waals surface area contributed by atoms with E-state index in [0.717, 1.165) is 18.8 Å². The van der Waals surface area contributed by atoms with Gasteiger partial charge in [-0.15, -0.1) is 0 Å². The smallest absolute Gasteiger partial charge is 0.326 e. The lowest BCUT2D eigenvalue weighted by Gasteiger charge is -2.29. The molecular weight excluding hydrogens is 264 g/mol. The van der Waals surface area contributed by atoms with Gasteiger partial charge in [0.2, 0.25) is 0 Å². The molecular formula is C17H32N2O2. The average Bonchev–Trinajstić information content (AvgIpc) is 3.15. The highest BCUT2D eigenvalue weighted by molar-refractivity contribution is 5.80. The van der Waals surface area contributed by atoms with E-state index in [1.807, 2.05) is 13.8 Å². The number of nitrogens with one attached hydrogen (secondary N) is 1. The van der Waals surface area contributed by atoms with Crippen LogP contribution in [0.3, 0.4) is 0 Å². The second-order valence-electron chi connectivity index (χ2n) is 7.12. The van der Waals surface area contributed by atoms with Crippen molar-refractivity contribution in [3.05, 3.63) is 0 Å². The maximum atomic E-state index is 12.2. The molecule has 4 heteroatoms. The van der Waals surface area contributed by atoms with Crippen molar-refractivity contribution < 1.29 is 9.53 Å². The summed E-state index contributed by atoms with van der Waals surface area (Å²) in [5, 5.41) is 3.50. The van der Waals surface area contributed by atoms with Gasteiger partial charge < -0.3 is 9.64 Å². The van der Waals surface area contributed by atoms with Gasteiger partial charge in [-0.1, -0.05) is 6.92 Å². The Balaban J connectivity index is 1.71. The van der Waals surface area contributed by atoms with Gasteiger partial charge in [-0.3, -0.25) is 10.1 Å². The summed E-state index contributed by atoms with van der Waals surface area (Å²) >= 11 is 0. The van der Waals surface area contributed by atoms with Crippen molar-refractivity contribution in [1.82, 2.24) is 10.2 Å². The van der Waals surface area contributed by atoms with Crippen LogP contribution < -0.4 is 5.32 Å². The Kier molecular flexibility index (Phi) is 6.06. The number of likely N-dealkylation sites (tertiary alicyclic amines) is 1. The first kappa shape index (κ1) is 16.8. The minimum atomic E-state index is -0.491. The summed E-state index contributed by atoms with van der Waals surface area (Å²) in [7, 11) is 0. The Bertz CT molecular complexity index is 344. The van der Waals surface area contributed by atoms with E-state index in [1.165, 1.54) is 45.3 Å². The molecule has 21 heavy (non-hydrogen) atoms. The molecule has 0 amide bonds. The van der Waals surface area contributed by atoms with Crippen molar-refractivity contribution in [2.75, 3.05) is 26.2 Å². The predicted molar refractivity (Wildman–Crippen MR) is 85.3 cm³/mol. The number of rotatable bonds is 9. The molecule has 2 fully saturated rings. The molecule has 1 aliphatic heterocycles. The number of nitrogens with zero attached hydrogens (tertiary/aromatic N) is 1. The molecule has 0 aromatic rings. The van der Waals surface area contributed by atoms with Gasteiger partial charge in [0.1, 0.15) is 5.54 Å². The molecule has 2 aliphatic rings. The van der Waals surface area contributed by atoms with E-state index in [-0.39, 0.29) is 5.97 Å². The highest BCUT2D eigenvalue weighted by Crippen LogP contribution is 2.26. The van der Waals surface area contributed by atoms with Gasteiger partial charge in [-0.2, -0.15) is 0 Å². The molecule has 0 spiro atoms. The van der Waals surface area contributed by atoms with E-state index in [2.05, 4.69) is 17.1 Å². The van der Waals surface area contributed by atoms with Crippen molar-refractivity contribution in [2.24, 2.45) is 5.92 Å². The van der Waals surface area contributed by atoms with Gasteiger partial charge in [0.15, 0.2) is 0 Å². The summed E-state index contributed by atoms with van der Waals surface area (Å²) in [6, 6.07) is 0.527. The number of ether oxygens (including phenoxy) is 1. The lowest BCUT2D eigenvalue weighted by molar-refractivity contribution is -0.151. The van der Waals surface area contributed by atoms with E-state index < -0.39 is 5.54 Å². The van der Waals surface area contributed by atoms with E-state index in [0.29, 0.717) is 12.6 Å². The van der Waals surface area contributed by atoms with Crippen LogP contribution in [-0.4, -0.2) is 48.7 Å².